The highest BCUT2D eigenvalue weighted by Gasteiger charge is 2.18. The summed E-state index contributed by atoms with van der Waals surface area (Å²) in [6.07, 6.45) is -1.69. The molecule has 0 aliphatic heterocycles. The summed E-state index contributed by atoms with van der Waals surface area (Å²) in [5, 5.41) is 2.78. The molecule has 0 saturated carbocycles. The second-order valence-corrected chi connectivity index (χ2v) is 8.06. The fourth-order valence-electron chi connectivity index (χ4n) is 2.80. The Bertz CT molecular complexity index is 1130. The van der Waals surface area contributed by atoms with Gasteiger partial charge in [0.15, 0.2) is 5.82 Å². The lowest BCUT2D eigenvalue weighted by Crippen LogP contribution is -2.27. The van der Waals surface area contributed by atoms with Gasteiger partial charge in [-0.15, -0.1) is 0 Å². The molecule has 3 N–H and O–H groups in total. The Morgan fingerprint density at radius 3 is 2.57 bits per heavy atom. The third kappa shape index (κ3) is 4.45. The number of carbonyl (C=O) groups is 1. The normalized spacial score (nSPS) is 12.9. The molecule has 0 bridgehead atoms. The number of amides is 1. The summed E-state index contributed by atoms with van der Waals surface area (Å²) in [7, 11) is -3.48. The van der Waals surface area contributed by atoms with Crippen LogP contribution in [0.15, 0.2) is 42.5 Å². The number of benzene rings is 2. The summed E-state index contributed by atoms with van der Waals surface area (Å²) in [5.74, 6) is -0.890. The lowest BCUT2D eigenvalue weighted by molar-refractivity contribution is 0.0940. The van der Waals surface area contributed by atoms with Crippen molar-refractivity contribution in [1.82, 2.24) is 15.3 Å². The van der Waals surface area contributed by atoms with Crippen molar-refractivity contribution in [3.63, 3.8) is 0 Å². The lowest BCUT2D eigenvalue weighted by atomic mass is 10.1. The molecule has 3 aromatic rings. The first kappa shape index (κ1) is 19.7. The summed E-state index contributed by atoms with van der Waals surface area (Å²) < 4.78 is 51.0. The number of hydrogen-bond donors (Lipinski definition) is 3. The van der Waals surface area contributed by atoms with Crippen molar-refractivity contribution in [2.24, 2.45) is 0 Å². The Kier molecular flexibility index (Phi) is 5.32. The third-order valence-electron chi connectivity index (χ3n) is 4.04. The Morgan fingerprint density at radius 2 is 1.89 bits per heavy atom. The fourth-order valence-corrected chi connectivity index (χ4v) is 3.38. The minimum atomic E-state index is -3.48. The van der Waals surface area contributed by atoms with Crippen LogP contribution in [0.2, 0.25) is 0 Å². The Labute approximate surface area is 160 Å². The van der Waals surface area contributed by atoms with Gasteiger partial charge in [0.05, 0.1) is 29.0 Å². The van der Waals surface area contributed by atoms with Crippen LogP contribution in [0.1, 0.15) is 41.1 Å². The highest BCUT2D eigenvalue weighted by atomic mass is 32.2. The molecular weight excluding hydrogens is 390 g/mol. The number of aromatic amines is 1. The Balaban J connectivity index is 1.82. The van der Waals surface area contributed by atoms with Crippen LogP contribution in [-0.2, 0) is 10.0 Å². The van der Waals surface area contributed by atoms with E-state index in [1.807, 2.05) is 0 Å². The lowest BCUT2D eigenvalue weighted by Gasteiger charge is -2.18. The maximum absolute atomic E-state index is 12.8. The van der Waals surface area contributed by atoms with Crippen molar-refractivity contribution in [1.29, 1.82) is 0 Å². The van der Waals surface area contributed by atoms with Gasteiger partial charge in [-0.1, -0.05) is 18.2 Å². The number of fused-ring (bicyclic) bond motifs is 1. The second kappa shape index (κ2) is 7.55. The van der Waals surface area contributed by atoms with E-state index in [1.54, 1.807) is 31.2 Å². The highest BCUT2D eigenvalue weighted by Crippen LogP contribution is 2.24. The molecule has 10 heteroatoms. The number of carbonyl (C=O) groups excluding carboxylic acids is 1. The SMILES string of the molecule is CC(NC(=O)c1ccc2nc(C(F)F)[nH]c2c1)c1ccccc1NS(C)(=O)=O. The number of sulfonamides is 1. The van der Waals surface area contributed by atoms with Crippen LogP contribution in [0, 0.1) is 0 Å². The smallest absolute Gasteiger partial charge is 0.295 e. The first-order chi connectivity index (χ1) is 13.1. The summed E-state index contributed by atoms with van der Waals surface area (Å²) >= 11 is 0. The molecule has 1 aromatic heterocycles. The molecule has 0 spiro atoms. The predicted molar refractivity (Wildman–Crippen MR) is 102 cm³/mol. The zero-order valence-corrected chi connectivity index (χ0v) is 15.8. The van der Waals surface area contributed by atoms with Gasteiger partial charge in [0.1, 0.15) is 0 Å². The number of anilines is 1. The molecule has 0 fully saturated rings. The van der Waals surface area contributed by atoms with Crippen molar-refractivity contribution in [2.45, 2.75) is 19.4 Å². The van der Waals surface area contributed by atoms with Gasteiger partial charge in [0.25, 0.3) is 12.3 Å². The van der Waals surface area contributed by atoms with Gasteiger partial charge in [-0.2, -0.15) is 0 Å². The first-order valence-electron chi connectivity index (χ1n) is 8.29. The van der Waals surface area contributed by atoms with Crippen LogP contribution in [0.4, 0.5) is 14.5 Å². The van der Waals surface area contributed by atoms with Crippen molar-refractivity contribution < 1.29 is 22.0 Å². The number of nitrogens with one attached hydrogen (secondary N) is 3. The Hall–Kier alpha value is -3.01. The number of halogens is 2. The number of aromatic nitrogens is 2. The molecule has 1 unspecified atom stereocenters. The zero-order valence-electron chi connectivity index (χ0n) is 15.0. The molecule has 7 nitrogen and oxygen atoms in total. The van der Waals surface area contributed by atoms with Gasteiger partial charge in [0.2, 0.25) is 10.0 Å². The summed E-state index contributed by atoms with van der Waals surface area (Å²) in [4.78, 5) is 18.8. The van der Waals surface area contributed by atoms with Gasteiger partial charge < -0.3 is 10.3 Å². The third-order valence-corrected chi connectivity index (χ3v) is 4.63. The first-order valence-corrected chi connectivity index (χ1v) is 10.2. The highest BCUT2D eigenvalue weighted by molar-refractivity contribution is 7.92. The summed E-state index contributed by atoms with van der Waals surface area (Å²) in [5.41, 5.74) is 1.88. The van der Waals surface area contributed by atoms with Gasteiger partial charge in [-0.05, 0) is 36.8 Å². The standard InChI is InChI=1S/C18H18F2N4O3S/c1-10(12-5-3-4-6-13(12)24-28(2,26)27)21-18(25)11-7-8-14-15(9-11)23-17(22-14)16(19)20/h3-10,16,24H,1-2H3,(H,21,25)(H,22,23). The minimum Gasteiger partial charge on any atom is -0.345 e. The molecule has 1 amide bonds. The van der Waals surface area contributed by atoms with Gasteiger partial charge in [-0.25, -0.2) is 22.2 Å². The molecule has 3 rings (SSSR count). The number of hydrogen-bond acceptors (Lipinski definition) is 4. The molecule has 28 heavy (non-hydrogen) atoms. The number of H-pyrrole nitrogens is 1. The van der Waals surface area contributed by atoms with Crippen molar-refractivity contribution in [3.8, 4) is 0 Å². The molecule has 1 atom stereocenters. The van der Waals surface area contributed by atoms with E-state index in [1.165, 1.54) is 18.2 Å². The largest absolute Gasteiger partial charge is 0.345 e. The quantitative estimate of drug-likeness (QED) is 0.582. The van der Waals surface area contributed by atoms with Crippen molar-refractivity contribution in [3.05, 3.63) is 59.4 Å². The van der Waals surface area contributed by atoms with Gasteiger partial charge >= 0.3 is 0 Å². The van der Waals surface area contributed by atoms with Crippen LogP contribution >= 0.6 is 0 Å². The second-order valence-electron chi connectivity index (χ2n) is 6.31. The van der Waals surface area contributed by atoms with Crippen LogP contribution < -0.4 is 10.0 Å². The molecule has 0 saturated heterocycles. The van der Waals surface area contributed by atoms with Crippen molar-refractivity contribution >= 4 is 32.7 Å². The van der Waals surface area contributed by atoms with Gasteiger partial charge in [0, 0.05) is 5.56 Å². The number of alkyl halides is 2. The molecule has 0 radical (unpaired) electrons. The maximum Gasteiger partial charge on any atom is 0.295 e. The van der Waals surface area contributed by atoms with E-state index in [0.717, 1.165) is 6.26 Å². The number of para-hydroxylation sites is 1. The van der Waals surface area contributed by atoms with E-state index in [9.17, 15) is 22.0 Å². The molecule has 2 aromatic carbocycles. The Morgan fingerprint density at radius 1 is 1.18 bits per heavy atom. The average molecular weight is 408 g/mol. The van der Waals surface area contributed by atoms with Crippen LogP contribution in [0.25, 0.3) is 11.0 Å². The van der Waals surface area contributed by atoms with Crippen LogP contribution in [0.5, 0.6) is 0 Å². The van der Waals surface area contributed by atoms with Crippen LogP contribution in [0.3, 0.4) is 0 Å². The predicted octanol–water partition coefficient (Wildman–Crippen LogP) is 3.36. The fraction of sp³-hybridized carbons (Fsp3) is 0.222. The zero-order chi connectivity index (χ0) is 20.5. The molecule has 148 valence electrons. The number of imidazole rings is 1. The van der Waals surface area contributed by atoms with E-state index in [-0.39, 0.29) is 5.56 Å². The van der Waals surface area contributed by atoms with E-state index in [0.29, 0.717) is 22.3 Å². The minimum absolute atomic E-state index is 0.261. The summed E-state index contributed by atoms with van der Waals surface area (Å²) in [6, 6.07) is 10.6. The van der Waals surface area contributed by atoms with Crippen molar-refractivity contribution in [2.75, 3.05) is 11.0 Å². The monoisotopic (exact) mass is 408 g/mol. The number of rotatable bonds is 6. The topological polar surface area (TPSA) is 104 Å². The van der Waals surface area contributed by atoms with E-state index in [2.05, 4.69) is 20.0 Å². The molecule has 0 aliphatic carbocycles. The number of nitrogens with zero attached hydrogens (tertiary/aromatic N) is 1. The molecule has 0 aliphatic rings. The van der Waals surface area contributed by atoms with Crippen LogP contribution in [-0.4, -0.2) is 30.5 Å². The average Bonchev–Trinajstić information content (AvgIpc) is 3.04. The van der Waals surface area contributed by atoms with Gasteiger partial charge in [-0.3, -0.25) is 9.52 Å². The van der Waals surface area contributed by atoms with E-state index in [4.69, 9.17) is 0 Å². The van der Waals surface area contributed by atoms with E-state index < -0.39 is 34.2 Å². The molecular formula is C18H18F2N4O3S. The maximum atomic E-state index is 12.8. The summed E-state index contributed by atoms with van der Waals surface area (Å²) in [6.45, 7) is 1.71. The molecule has 1 heterocycles. The van der Waals surface area contributed by atoms with E-state index >= 15 is 0 Å².